The van der Waals surface area contributed by atoms with Gasteiger partial charge in [-0.15, -0.1) is 0 Å². The maximum Gasteiger partial charge on any atom is 0.232 e. The van der Waals surface area contributed by atoms with Crippen LogP contribution in [0.15, 0.2) is 47.2 Å². The topological polar surface area (TPSA) is 77.8 Å². The SMILES string of the molecule is Cc1ncccc1-c1noc(N)c1-c1ccccn1. The minimum Gasteiger partial charge on any atom is -0.367 e. The molecular formula is C14H12N4O. The van der Waals surface area contributed by atoms with Gasteiger partial charge in [-0.2, -0.15) is 0 Å². The highest BCUT2D eigenvalue weighted by Gasteiger charge is 2.19. The van der Waals surface area contributed by atoms with Crippen molar-refractivity contribution in [3.8, 4) is 22.5 Å². The summed E-state index contributed by atoms with van der Waals surface area (Å²) >= 11 is 0. The monoisotopic (exact) mass is 252 g/mol. The molecule has 0 aliphatic heterocycles. The van der Waals surface area contributed by atoms with Crippen LogP contribution in [0.1, 0.15) is 5.69 Å². The third-order valence-corrected chi connectivity index (χ3v) is 2.90. The lowest BCUT2D eigenvalue weighted by molar-refractivity contribution is 0.439. The summed E-state index contributed by atoms with van der Waals surface area (Å²) < 4.78 is 5.12. The van der Waals surface area contributed by atoms with Gasteiger partial charge in [-0.05, 0) is 31.2 Å². The van der Waals surface area contributed by atoms with Gasteiger partial charge in [0.25, 0.3) is 0 Å². The molecule has 0 amide bonds. The second-order valence-corrected chi connectivity index (χ2v) is 4.12. The molecule has 94 valence electrons. The molecule has 5 nitrogen and oxygen atoms in total. The molecule has 2 N–H and O–H groups in total. The van der Waals surface area contributed by atoms with Crippen molar-refractivity contribution < 1.29 is 4.52 Å². The second kappa shape index (κ2) is 4.53. The van der Waals surface area contributed by atoms with E-state index < -0.39 is 0 Å². The molecule has 3 heterocycles. The van der Waals surface area contributed by atoms with E-state index in [1.165, 1.54) is 0 Å². The van der Waals surface area contributed by atoms with Crippen LogP contribution in [0, 0.1) is 6.92 Å². The number of nitrogens with two attached hydrogens (primary N) is 1. The van der Waals surface area contributed by atoms with Crippen LogP contribution in [0.25, 0.3) is 22.5 Å². The van der Waals surface area contributed by atoms with Crippen molar-refractivity contribution in [1.82, 2.24) is 15.1 Å². The van der Waals surface area contributed by atoms with E-state index in [4.69, 9.17) is 10.3 Å². The maximum absolute atomic E-state index is 5.87. The van der Waals surface area contributed by atoms with Gasteiger partial charge in [0, 0.05) is 23.7 Å². The Morgan fingerprint density at radius 2 is 1.89 bits per heavy atom. The smallest absolute Gasteiger partial charge is 0.232 e. The first-order chi connectivity index (χ1) is 9.27. The van der Waals surface area contributed by atoms with Gasteiger partial charge in [0.1, 0.15) is 5.69 Å². The van der Waals surface area contributed by atoms with Crippen molar-refractivity contribution in [2.75, 3.05) is 5.73 Å². The highest BCUT2D eigenvalue weighted by atomic mass is 16.5. The highest BCUT2D eigenvalue weighted by molar-refractivity contribution is 5.85. The number of rotatable bonds is 2. The zero-order valence-corrected chi connectivity index (χ0v) is 10.4. The van der Waals surface area contributed by atoms with Crippen LogP contribution in [0.2, 0.25) is 0 Å². The fourth-order valence-corrected chi connectivity index (χ4v) is 1.98. The summed E-state index contributed by atoms with van der Waals surface area (Å²) in [6.07, 6.45) is 3.45. The summed E-state index contributed by atoms with van der Waals surface area (Å²) in [6.45, 7) is 1.92. The molecule has 0 saturated heterocycles. The van der Waals surface area contributed by atoms with Gasteiger partial charge in [-0.3, -0.25) is 9.97 Å². The zero-order chi connectivity index (χ0) is 13.2. The Bertz CT molecular complexity index is 706. The van der Waals surface area contributed by atoms with Crippen LogP contribution in [-0.4, -0.2) is 15.1 Å². The predicted octanol–water partition coefficient (Wildman–Crippen LogP) is 2.69. The van der Waals surface area contributed by atoms with Crippen LogP contribution in [-0.2, 0) is 0 Å². The van der Waals surface area contributed by atoms with Crippen LogP contribution in [0.3, 0.4) is 0 Å². The Hall–Kier alpha value is -2.69. The van der Waals surface area contributed by atoms with Gasteiger partial charge >= 0.3 is 0 Å². The van der Waals surface area contributed by atoms with Gasteiger partial charge < -0.3 is 10.3 Å². The average molecular weight is 252 g/mol. The number of anilines is 1. The molecule has 0 unspecified atom stereocenters. The normalized spacial score (nSPS) is 10.6. The van der Waals surface area contributed by atoms with Crippen molar-refractivity contribution in [2.45, 2.75) is 6.92 Å². The third kappa shape index (κ3) is 1.95. The zero-order valence-electron chi connectivity index (χ0n) is 10.4. The van der Waals surface area contributed by atoms with Crippen LogP contribution in [0.4, 0.5) is 5.88 Å². The minimum atomic E-state index is 0.261. The molecule has 0 atom stereocenters. The number of nitrogens with zero attached hydrogens (tertiary/aromatic N) is 3. The van der Waals surface area contributed by atoms with Gasteiger partial charge in [0.05, 0.1) is 11.3 Å². The molecule has 0 fully saturated rings. The van der Waals surface area contributed by atoms with Gasteiger partial charge in [0.2, 0.25) is 5.88 Å². The largest absolute Gasteiger partial charge is 0.367 e. The first-order valence-electron chi connectivity index (χ1n) is 5.86. The first kappa shape index (κ1) is 11.4. The highest BCUT2D eigenvalue weighted by Crippen LogP contribution is 2.35. The van der Waals surface area contributed by atoms with Crippen molar-refractivity contribution in [1.29, 1.82) is 0 Å². The fourth-order valence-electron chi connectivity index (χ4n) is 1.98. The number of nitrogen functional groups attached to an aromatic ring is 1. The van der Waals surface area contributed by atoms with E-state index in [9.17, 15) is 0 Å². The van der Waals surface area contributed by atoms with E-state index in [1.807, 2.05) is 37.3 Å². The molecule has 19 heavy (non-hydrogen) atoms. The quantitative estimate of drug-likeness (QED) is 0.758. The Morgan fingerprint density at radius 1 is 1.05 bits per heavy atom. The molecule has 3 rings (SSSR count). The maximum atomic E-state index is 5.87. The van der Waals surface area contributed by atoms with E-state index in [1.54, 1.807) is 12.4 Å². The summed E-state index contributed by atoms with van der Waals surface area (Å²) in [6, 6.07) is 9.41. The molecule has 0 bridgehead atoms. The summed E-state index contributed by atoms with van der Waals surface area (Å²) in [4.78, 5) is 8.55. The molecule has 0 saturated carbocycles. The molecule has 0 radical (unpaired) electrons. The Balaban J connectivity index is 2.23. The minimum absolute atomic E-state index is 0.261. The van der Waals surface area contributed by atoms with Crippen molar-refractivity contribution in [2.24, 2.45) is 0 Å². The van der Waals surface area contributed by atoms with Gasteiger partial charge in [0.15, 0.2) is 0 Å². The Morgan fingerprint density at radius 3 is 2.63 bits per heavy atom. The summed E-state index contributed by atoms with van der Waals surface area (Å²) in [5.41, 5.74) is 9.74. The molecule has 0 spiro atoms. The first-order valence-corrected chi connectivity index (χ1v) is 5.86. The van der Waals surface area contributed by atoms with E-state index in [0.717, 1.165) is 17.0 Å². The molecular weight excluding hydrogens is 240 g/mol. The number of pyridine rings is 2. The van der Waals surface area contributed by atoms with Crippen molar-refractivity contribution >= 4 is 5.88 Å². The Kier molecular flexibility index (Phi) is 2.72. The Labute approximate surface area is 110 Å². The number of hydrogen-bond donors (Lipinski definition) is 1. The van der Waals surface area contributed by atoms with E-state index in [-0.39, 0.29) is 5.88 Å². The van der Waals surface area contributed by atoms with Gasteiger partial charge in [-0.1, -0.05) is 11.2 Å². The van der Waals surface area contributed by atoms with E-state index >= 15 is 0 Å². The van der Waals surface area contributed by atoms with Crippen LogP contribution in [0.5, 0.6) is 0 Å². The summed E-state index contributed by atoms with van der Waals surface area (Å²) in [5, 5.41) is 4.04. The third-order valence-electron chi connectivity index (χ3n) is 2.90. The number of hydrogen-bond acceptors (Lipinski definition) is 5. The molecule has 3 aromatic heterocycles. The lowest BCUT2D eigenvalue weighted by atomic mass is 10.0. The van der Waals surface area contributed by atoms with Gasteiger partial charge in [-0.25, -0.2) is 0 Å². The lowest BCUT2D eigenvalue weighted by Gasteiger charge is -2.03. The number of aryl methyl sites for hydroxylation is 1. The van der Waals surface area contributed by atoms with Crippen LogP contribution >= 0.6 is 0 Å². The fraction of sp³-hybridized carbons (Fsp3) is 0.0714. The van der Waals surface area contributed by atoms with Crippen LogP contribution < -0.4 is 5.73 Å². The van der Waals surface area contributed by atoms with E-state index in [2.05, 4.69) is 15.1 Å². The second-order valence-electron chi connectivity index (χ2n) is 4.12. The van der Waals surface area contributed by atoms with E-state index in [0.29, 0.717) is 11.3 Å². The molecule has 5 heteroatoms. The average Bonchev–Trinajstić information content (AvgIpc) is 2.82. The molecule has 0 aliphatic rings. The number of aromatic nitrogens is 3. The summed E-state index contributed by atoms with van der Waals surface area (Å²) in [5.74, 6) is 0.261. The lowest BCUT2D eigenvalue weighted by Crippen LogP contribution is -1.92. The molecule has 0 aliphatic carbocycles. The van der Waals surface area contributed by atoms with Crippen molar-refractivity contribution in [3.05, 3.63) is 48.4 Å². The van der Waals surface area contributed by atoms with Crippen molar-refractivity contribution in [3.63, 3.8) is 0 Å². The standard InChI is InChI=1S/C14H12N4O/c1-9-10(5-4-8-16-9)13-12(14(15)19-18-13)11-6-2-3-7-17-11/h2-8H,15H2,1H3. The molecule has 0 aromatic carbocycles. The summed E-state index contributed by atoms with van der Waals surface area (Å²) in [7, 11) is 0. The predicted molar refractivity (Wildman–Crippen MR) is 72.1 cm³/mol. The molecule has 3 aromatic rings.